The van der Waals surface area contributed by atoms with E-state index in [4.69, 9.17) is 10.00 Å². The number of thioether (sulfide) groups is 1. The Morgan fingerprint density at radius 1 is 1.50 bits per heavy atom. The number of nitrogens with zero attached hydrogens (tertiary/aromatic N) is 3. The number of carbonyl (C=O) groups is 3. The molecule has 2 rings (SSSR count). The van der Waals surface area contributed by atoms with Crippen LogP contribution in [0.15, 0.2) is 23.9 Å². The highest BCUT2D eigenvalue weighted by molar-refractivity contribution is 8.00. The van der Waals surface area contributed by atoms with Crippen molar-refractivity contribution in [2.24, 2.45) is 0 Å². The van der Waals surface area contributed by atoms with Crippen molar-refractivity contribution < 1.29 is 19.1 Å². The largest absolute Gasteiger partial charge is 0.455 e. The van der Waals surface area contributed by atoms with Gasteiger partial charge in [0.05, 0.1) is 0 Å². The molecule has 2 amide bonds. The Morgan fingerprint density at radius 2 is 2.12 bits per heavy atom. The van der Waals surface area contributed by atoms with E-state index in [9.17, 15) is 14.4 Å². The maximum absolute atomic E-state index is 12.5. The van der Waals surface area contributed by atoms with Crippen molar-refractivity contribution in [1.29, 1.82) is 5.26 Å². The number of hydrogen-bond donors (Lipinski definition) is 0. The number of fused-ring (bicyclic) bond motifs is 1. The van der Waals surface area contributed by atoms with E-state index >= 15 is 0 Å². The van der Waals surface area contributed by atoms with Crippen LogP contribution < -0.4 is 0 Å². The van der Waals surface area contributed by atoms with Crippen LogP contribution in [0.3, 0.4) is 0 Å². The molecule has 7 nitrogen and oxygen atoms in total. The Kier molecular flexibility index (Phi) is 4.76. The number of hydrogen-bond acceptors (Lipinski definition) is 6. The van der Waals surface area contributed by atoms with Gasteiger partial charge in [-0.1, -0.05) is 12.7 Å². The normalized spacial score (nSPS) is 23.0. The van der Waals surface area contributed by atoms with E-state index in [-0.39, 0.29) is 5.70 Å². The lowest BCUT2D eigenvalue weighted by atomic mass is 10.0. The molecule has 0 saturated carbocycles. The van der Waals surface area contributed by atoms with Crippen LogP contribution in [0.2, 0.25) is 0 Å². The highest BCUT2D eigenvalue weighted by atomic mass is 32.2. The molecule has 0 spiro atoms. The fraction of sp³-hybridized carbons (Fsp3) is 0.500. The molecule has 0 aliphatic carbocycles. The molecule has 0 bridgehead atoms. The minimum absolute atomic E-state index is 0.145. The van der Waals surface area contributed by atoms with Gasteiger partial charge in [-0.2, -0.15) is 5.26 Å². The molecule has 2 atom stereocenters. The van der Waals surface area contributed by atoms with E-state index in [1.54, 1.807) is 27.0 Å². The summed E-state index contributed by atoms with van der Waals surface area (Å²) in [6.07, 6.45) is 3.27. The zero-order valence-electron chi connectivity index (χ0n) is 14.0. The molecule has 0 N–H and O–H groups in total. The Labute approximate surface area is 144 Å². The second-order valence-corrected chi connectivity index (χ2v) is 7.53. The standard InChI is InChI=1S/C16H19N3O4S/c1-6-10-7-24-14-12(18(8-17)9(2)20)13(21)19(14)11(10)15(22)23-16(3,4)5/h6,12,14H,1,7H2,2-5H3/t12-,14+/m1/s1. The second kappa shape index (κ2) is 6.32. The highest BCUT2D eigenvalue weighted by Gasteiger charge is 2.57. The van der Waals surface area contributed by atoms with Crippen molar-refractivity contribution >= 4 is 29.5 Å². The third-order valence-electron chi connectivity index (χ3n) is 3.53. The Balaban J connectivity index is 2.35. The predicted octanol–water partition coefficient (Wildman–Crippen LogP) is 1.38. The van der Waals surface area contributed by atoms with Crippen molar-refractivity contribution in [2.45, 2.75) is 44.7 Å². The van der Waals surface area contributed by atoms with Gasteiger partial charge in [0.1, 0.15) is 16.7 Å². The van der Waals surface area contributed by atoms with Crippen LogP contribution in [0.25, 0.3) is 0 Å². The molecule has 1 fully saturated rings. The van der Waals surface area contributed by atoms with Gasteiger partial charge in [0.15, 0.2) is 12.2 Å². The molecule has 0 aromatic carbocycles. The summed E-state index contributed by atoms with van der Waals surface area (Å²) in [4.78, 5) is 38.8. The number of amides is 2. The van der Waals surface area contributed by atoms with Crippen LogP contribution in [-0.4, -0.2) is 50.4 Å². The first-order valence-electron chi connectivity index (χ1n) is 7.35. The highest BCUT2D eigenvalue weighted by Crippen LogP contribution is 2.43. The number of carbonyl (C=O) groups excluding carboxylic acids is 3. The number of allylic oxidation sites excluding steroid dienone is 1. The zero-order valence-corrected chi connectivity index (χ0v) is 14.8. The van der Waals surface area contributed by atoms with E-state index in [1.165, 1.54) is 29.7 Å². The summed E-state index contributed by atoms with van der Waals surface area (Å²) in [6.45, 7) is 10.1. The van der Waals surface area contributed by atoms with Gasteiger partial charge in [-0.25, -0.2) is 9.69 Å². The van der Waals surface area contributed by atoms with Crippen molar-refractivity contribution in [1.82, 2.24) is 9.80 Å². The van der Waals surface area contributed by atoms with Crippen LogP contribution in [0.4, 0.5) is 0 Å². The quantitative estimate of drug-likeness (QED) is 0.331. The number of ether oxygens (including phenoxy) is 1. The minimum Gasteiger partial charge on any atom is -0.455 e. The molecule has 2 aliphatic rings. The van der Waals surface area contributed by atoms with Gasteiger partial charge in [-0.05, 0) is 26.3 Å². The lowest BCUT2D eigenvalue weighted by Crippen LogP contribution is -2.70. The minimum atomic E-state index is -0.888. The van der Waals surface area contributed by atoms with E-state index in [1.807, 2.05) is 0 Å². The van der Waals surface area contributed by atoms with Crippen molar-refractivity contribution in [3.63, 3.8) is 0 Å². The average molecular weight is 349 g/mol. The molecular formula is C16H19N3O4S. The first kappa shape index (κ1) is 18.1. The first-order valence-corrected chi connectivity index (χ1v) is 8.40. The van der Waals surface area contributed by atoms with Crippen LogP contribution in [0, 0.1) is 11.5 Å². The third-order valence-corrected chi connectivity index (χ3v) is 4.82. The molecule has 0 unspecified atom stereocenters. The fourth-order valence-corrected chi connectivity index (χ4v) is 3.91. The zero-order chi connectivity index (χ0) is 18.2. The number of rotatable bonds is 3. The summed E-state index contributed by atoms with van der Waals surface area (Å²) in [7, 11) is 0. The Morgan fingerprint density at radius 3 is 2.58 bits per heavy atom. The summed E-state index contributed by atoms with van der Waals surface area (Å²) >= 11 is 1.38. The van der Waals surface area contributed by atoms with E-state index < -0.39 is 34.8 Å². The fourth-order valence-electron chi connectivity index (χ4n) is 2.53. The van der Waals surface area contributed by atoms with Gasteiger partial charge in [0, 0.05) is 12.7 Å². The molecule has 0 aromatic heterocycles. The van der Waals surface area contributed by atoms with Gasteiger partial charge in [0.25, 0.3) is 5.91 Å². The molecular weight excluding hydrogens is 330 g/mol. The van der Waals surface area contributed by atoms with Gasteiger partial charge in [-0.15, -0.1) is 11.8 Å². The number of nitriles is 1. The smallest absolute Gasteiger partial charge is 0.355 e. The summed E-state index contributed by atoms with van der Waals surface area (Å²) in [5, 5.41) is 8.64. The summed E-state index contributed by atoms with van der Waals surface area (Å²) < 4.78 is 5.39. The van der Waals surface area contributed by atoms with Crippen LogP contribution >= 0.6 is 11.8 Å². The topological polar surface area (TPSA) is 90.7 Å². The van der Waals surface area contributed by atoms with Crippen molar-refractivity contribution in [3.8, 4) is 6.19 Å². The molecule has 0 radical (unpaired) electrons. The summed E-state index contributed by atoms with van der Waals surface area (Å²) in [6, 6.07) is -0.888. The summed E-state index contributed by atoms with van der Waals surface area (Å²) in [5.74, 6) is -1.14. The van der Waals surface area contributed by atoms with Gasteiger partial charge >= 0.3 is 5.97 Å². The molecule has 2 aliphatic heterocycles. The van der Waals surface area contributed by atoms with Gasteiger partial charge in [-0.3, -0.25) is 14.5 Å². The second-order valence-electron chi connectivity index (χ2n) is 6.42. The maximum Gasteiger partial charge on any atom is 0.355 e. The Bertz CT molecular complexity index is 686. The van der Waals surface area contributed by atoms with Crippen LogP contribution in [0.5, 0.6) is 0 Å². The van der Waals surface area contributed by atoms with Crippen LogP contribution in [0.1, 0.15) is 27.7 Å². The summed E-state index contributed by atoms with van der Waals surface area (Å²) in [5.41, 5.74) is 0.0389. The lowest BCUT2D eigenvalue weighted by Gasteiger charge is -2.51. The lowest BCUT2D eigenvalue weighted by molar-refractivity contribution is -0.161. The maximum atomic E-state index is 12.5. The molecule has 1 saturated heterocycles. The SMILES string of the molecule is C=CC1=C(C(=O)OC(C)(C)C)N2C(=O)[C@@H](N(C#N)C(C)=O)[C@@H]2SC1. The molecule has 24 heavy (non-hydrogen) atoms. The number of esters is 1. The molecule has 128 valence electrons. The molecule has 2 heterocycles. The van der Waals surface area contributed by atoms with Crippen LogP contribution in [-0.2, 0) is 19.1 Å². The monoisotopic (exact) mass is 349 g/mol. The number of β-lactam (4-membered cyclic amide) rings is 1. The van der Waals surface area contributed by atoms with E-state index in [0.717, 1.165) is 4.90 Å². The first-order chi connectivity index (χ1) is 11.1. The molecule has 0 aromatic rings. The average Bonchev–Trinajstić information content (AvgIpc) is 2.48. The third kappa shape index (κ3) is 3.04. The van der Waals surface area contributed by atoms with Crippen molar-refractivity contribution in [3.05, 3.63) is 23.9 Å². The Hall–Kier alpha value is -2.27. The molecule has 8 heteroatoms. The van der Waals surface area contributed by atoms with Crippen molar-refractivity contribution in [2.75, 3.05) is 5.75 Å². The van der Waals surface area contributed by atoms with E-state index in [0.29, 0.717) is 11.3 Å². The van der Waals surface area contributed by atoms with E-state index in [2.05, 4.69) is 6.58 Å². The van der Waals surface area contributed by atoms with Gasteiger partial charge < -0.3 is 4.74 Å². The van der Waals surface area contributed by atoms with Gasteiger partial charge in [0.2, 0.25) is 5.91 Å². The predicted molar refractivity (Wildman–Crippen MR) is 88.1 cm³/mol.